The van der Waals surface area contributed by atoms with Crippen molar-refractivity contribution in [1.29, 1.82) is 0 Å². The molecule has 158 valence electrons. The van der Waals surface area contributed by atoms with Crippen molar-refractivity contribution in [3.63, 3.8) is 0 Å². The number of likely N-dealkylation sites (N-methyl/N-ethyl adjacent to an activating group) is 1. The number of likely N-dealkylation sites (tertiary alicyclic amines) is 1. The molecule has 2 rings (SSSR count). The van der Waals surface area contributed by atoms with Crippen LogP contribution in [0.1, 0.15) is 31.4 Å². The lowest BCUT2D eigenvalue weighted by Crippen LogP contribution is -2.52. The lowest BCUT2D eigenvalue weighted by atomic mass is 10.0. The van der Waals surface area contributed by atoms with Crippen LogP contribution in [0.4, 0.5) is 13.2 Å². The summed E-state index contributed by atoms with van der Waals surface area (Å²) in [5.41, 5.74) is 0.290. The normalized spacial score (nSPS) is 19.3. The highest BCUT2D eigenvalue weighted by Gasteiger charge is 2.30. The van der Waals surface area contributed by atoms with Crippen molar-refractivity contribution in [1.82, 2.24) is 20.4 Å². The highest BCUT2D eigenvalue weighted by atomic mass is 19.4. The van der Waals surface area contributed by atoms with Crippen molar-refractivity contribution in [3.8, 4) is 0 Å². The van der Waals surface area contributed by atoms with Gasteiger partial charge in [0.1, 0.15) is 0 Å². The van der Waals surface area contributed by atoms with Gasteiger partial charge in [0, 0.05) is 44.8 Å². The minimum atomic E-state index is -4.29. The van der Waals surface area contributed by atoms with Gasteiger partial charge in [0.15, 0.2) is 5.96 Å². The number of rotatable bonds is 6. The van der Waals surface area contributed by atoms with E-state index in [-0.39, 0.29) is 11.6 Å². The molecule has 0 aromatic heterocycles. The lowest BCUT2D eigenvalue weighted by Gasteiger charge is -2.33. The quantitative estimate of drug-likeness (QED) is 0.570. The van der Waals surface area contributed by atoms with Crippen molar-refractivity contribution in [2.24, 2.45) is 4.99 Å². The Bertz CT molecular complexity index is 653. The molecule has 1 heterocycles. The van der Waals surface area contributed by atoms with Crippen LogP contribution in [-0.2, 0) is 12.7 Å². The summed E-state index contributed by atoms with van der Waals surface area (Å²) in [6.45, 7) is 7.47. The molecule has 0 radical (unpaired) electrons. The number of halogens is 3. The summed E-state index contributed by atoms with van der Waals surface area (Å²) in [7, 11) is 5.86. The Balaban J connectivity index is 1.83. The molecule has 0 bridgehead atoms. The van der Waals surface area contributed by atoms with Crippen LogP contribution in [0.2, 0.25) is 0 Å². The van der Waals surface area contributed by atoms with E-state index in [2.05, 4.69) is 39.3 Å². The number of aliphatic imine (C=N–C) groups is 1. The molecule has 1 atom stereocenters. The first kappa shape index (κ1) is 22.5. The number of guanidine groups is 1. The predicted molar refractivity (Wildman–Crippen MR) is 107 cm³/mol. The second kappa shape index (κ2) is 9.13. The van der Waals surface area contributed by atoms with Gasteiger partial charge in [-0.3, -0.25) is 9.89 Å². The van der Waals surface area contributed by atoms with Gasteiger partial charge in [0.05, 0.1) is 5.56 Å². The molecule has 0 spiro atoms. The molecule has 1 aromatic carbocycles. The van der Waals surface area contributed by atoms with E-state index in [1.165, 1.54) is 0 Å². The third-order valence-corrected chi connectivity index (χ3v) is 5.42. The summed E-state index contributed by atoms with van der Waals surface area (Å²) in [5, 5.41) is 6.83. The topological polar surface area (TPSA) is 42.9 Å². The summed E-state index contributed by atoms with van der Waals surface area (Å²) in [5.74, 6) is 0.774. The van der Waals surface area contributed by atoms with Crippen molar-refractivity contribution in [2.45, 2.75) is 44.6 Å². The van der Waals surface area contributed by atoms with Crippen LogP contribution < -0.4 is 10.6 Å². The first-order chi connectivity index (χ1) is 13.0. The number of nitrogens with one attached hydrogen (secondary N) is 2. The first-order valence-corrected chi connectivity index (χ1v) is 9.54. The van der Waals surface area contributed by atoms with Crippen LogP contribution >= 0.6 is 0 Å². The van der Waals surface area contributed by atoms with Gasteiger partial charge in [0.2, 0.25) is 0 Å². The molecule has 1 saturated heterocycles. The Labute approximate surface area is 166 Å². The SMILES string of the molecule is CN=C(NCC(C)(C)N(C)C)NC1CCN(Cc2ccc(C(F)(F)F)cc2)C1. The van der Waals surface area contributed by atoms with Gasteiger partial charge in [-0.15, -0.1) is 0 Å². The van der Waals surface area contributed by atoms with Crippen LogP contribution in [0.25, 0.3) is 0 Å². The highest BCUT2D eigenvalue weighted by molar-refractivity contribution is 5.80. The zero-order valence-electron chi connectivity index (χ0n) is 17.4. The molecule has 8 heteroatoms. The average molecular weight is 400 g/mol. The number of hydrogen-bond acceptors (Lipinski definition) is 3. The summed E-state index contributed by atoms with van der Waals surface area (Å²) < 4.78 is 38.0. The van der Waals surface area contributed by atoms with Crippen molar-refractivity contribution < 1.29 is 13.2 Å². The Morgan fingerprint density at radius 1 is 1.21 bits per heavy atom. The Morgan fingerprint density at radius 2 is 1.86 bits per heavy atom. The van der Waals surface area contributed by atoms with E-state index in [0.29, 0.717) is 6.54 Å². The fraction of sp³-hybridized carbons (Fsp3) is 0.650. The van der Waals surface area contributed by atoms with Crippen LogP contribution in [0.15, 0.2) is 29.3 Å². The van der Waals surface area contributed by atoms with E-state index in [9.17, 15) is 13.2 Å². The van der Waals surface area contributed by atoms with Gasteiger partial charge in [-0.05, 0) is 52.1 Å². The average Bonchev–Trinajstić information content (AvgIpc) is 3.05. The molecule has 2 N–H and O–H groups in total. The van der Waals surface area contributed by atoms with Gasteiger partial charge in [0.25, 0.3) is 0 Å². The zero-order chi connectivity index (χ0) is 20.9. The van der Waals surface area contributed by atoms with Crippen molar-refractivity contribution in [3.05, 3.63) is 35.4 Å². The fourth-order valence-corrected chi connectivity index (χ4v) is 3.00. The predicted octanol–water partition coefficient (Wildman–Crippen LogP) is 2.78. The first-order valence-electron chi connectivity index (χ1n) is 9.54. The van der Waals surface area contributed by atoms with Crippen LogP contribution in [0.3, 0.4) is 0 Å². The second-order valence-electron chi connectivity index (χ2n) is 8.19. The smallest absolute Gasteiger partial charge is 0.355 e. The number of hydrogen-bond donors (Lipinski definition) is 2. The lowest BCUT2D eigenvalue weighted by molar-refractivity contribution is -0.137. The minimum Gasteiger partial charge on any atom is -0.355 e. The molecule has 1 aliphatic rings. The van der Waals surface area contributed by atoms with Crippen molar-refractivity contribution >= 4 is 5.96 Å². The number of alkyl halides is 3. The third-order valence-electron chi connectivity index (χ3n) is 5.42. The molecule has 1 unspecified atom stereocenters. The molecule has 1 aromatic rings. The monoisotopic (exact) mass is 399 g/mol. The Hall–Kier alpha value is -1.80. The maximum atomic E-state index is 12.7. The molecule has 0 amide bonds. The Morgan fingerprint density at radius 3 is 2.39 bits per heavy atom. The van der Waals surface area contributed by atoms with Crippen molar-refractivity contribution in [2.75, 3.05) is 40.8 Å². The number of benzene rings is 1. The van der Waals surface area contributed by atoms with E-state index in [0.717, 1.165) is 49.7 Å². The molecular formula is C20H32F3N5. The summed E-state index contributed by atoms with van der Waals surface area (Å²) >= 11 is 0. The van der Waals surface area contributed by atoms with Gasteiger partial charge >= 0.3 is 6.18 Å². The number of nitrogens with zero attached hydrogens (tertiary/aromatic N) is 3. The van der Waals surface area contributed by atoms with E-state index in [1.807, 2.05) is 14.1 Å². The standard InChI is InChI=1S/C20H32F3N5/c1-19(2,27(4)5)14-25-18(24-3)26-17-10-11-28(13-17)12-15-6-8-16(9-7-15)20(21,22)23/h6-9,17H,10-14H2,1-5H3,(H2,24,25,26). The summed E-state index contributed by atoms with van der Waals surface area (Å²) in [4.78, 5) is 8.72. The third kappa shape index (κ3) is 6.38. The molecule has 28 heavy (non-hydrogen) atoms. The molecular weight excluding hydrogens is 367 g/mol. The summed E-state index contributed by atoms with van der Waals surface area (Å²) in [6, 6.07) is 5.70. The second-order valence-corrected chi connectivity index (χ2v) is 8.19. The van der Waals surface area contributed by atoms with Gasteiger partial charge in [-0.2, -0.15) is 13.2 Å². The summed E-state index contributed by atoms with van der Waals surface area (Å²) in [6.07, 6.45) is -3.32. The molecule has 1 fully saturated rings. The molecule has 0 saturated carbocycles. The molecule has 5 nitrogen and oxygen atoms in total. The fourth-order valence-electron chi connectivity index (χ4n) is 3.00. The van der Waals surface area contributed by atoms with E-state index >= 15 is 0 Å². The maximum absolute atomic E-state index is 12.7. The van der Waals surface area contributed by atoms with E-state index in [4.69, 9.17) is 0 Å². The van der Waals surface area contributed by atoms with Gasteiger partial charge in [-0.25, -0.2) is 0 Å². The molecule has 1 aliphatic heterocycles. The highest BCUT2D eigenvalue weighted by Crippen LogP contribution is 2.29. The van der Waals surface area contributed by atoms with Gasteiger partial charge in [-0.1, -0.05) is 12.1 Å². The van der Waals surface area contributed by atoms with Gasteiger partial charge < -0.3 is 15.5 Å². The maximum Gasteiger partial charge on any atom is 0.416 e. The van der Waals surface area contributed by atoms with Crippen LogP contribution in [0.5, 0.6) is 0 Å². The van der Waals surface area contributed by atoms with Crippen LogP contribution in [0, 0.1) is 0 Å². The largest absolute Gasteiger partial charge is 0.416 e. The van der Waals surface area contributed by atoms with E-state index < -0.39 is 11.7 Å². The van der Waals surface area contributed by atoms with E-state index in [1.54, 1.807) is 19.2 Å². The Kier molecular flexibility index (Phi) is 7.33. The molecule has 0 aliphatic carbocycles. The zero-order valence-corrected chi connectivity index (χ0v) is 17.4. The van der Waals surface area contributed by atoms with Crippen LogP contribution in [-0.4, -0.2) is 68.1 Å². The minimum absolute atomic E-state index is 0.00189.